The highest BCUT2D eigenvalue weighted by Crippen LogP contribution is 2.44. The number of carbonyl (C=O) groups is 2. The Morgan fingerprint density at radius 3 is 2.31 bits per heavy atom. The van der Waals surface area contributed by atoms with E-state index in [2.05, 4.69) is 0 Å². The van der Waals surface area contributed by atoms with Crippen molar-refractivity contribution in [3.05, 3.63) is 69.7 Å². The maximum absolute atomic E-state index is 13.7. The van der Waals surface area contributed by atoms with Crippen molar-refractivity contribution in [2.75, 3.05) is 5.75 Å². The summed E-state index contributed by atoms with van der Waals surface area (Å²) in [5.41, 5.74) is 2.83. The van der Waals surface area contributed by atoms with Crippen LogP contribution in [0.15, 0.2) is 48.5 Å². The van der Waals surface area contributed by atoms with E-state index < -0.39 is 57.1 Å². The molecule has 1 saturated heterocycles. The van der Waals surface area contributed by atoms with Crippen molar-refractivity contribution < 1.29 is 28.0 Å². The standard InChI is InChI=1S/C25H30Cl2N2O6S/c1-15(14-36(33,34)25(2,3)4)29-22(16-8-10-18(26)11-9-16)23(17-6-5-7-19(27)12-17)35-20(24(29)31)13-21(30)28-32/h5-12,15,20,22-23,32H,13-14H2,1-4H3,(H,28,30)/t15-,20+,22+,23+/m0/s1. The Bertz CT molecular complexity index is 1210. The van der Waals surface area contributed by atoms with Gasteiger partial charge in [0, 0.05) is 16.1 Å². The Labute approximate surface area is 221 Å². The van der Waals surface area contributed by atoms with Crippen LogP contribution >= 0.6 is 23.2 Å². The molecule has 1 heterocycles. The third kappa shape index (κ3) is 6.20. The van der Waals surface area contributed by atoms with Crippen molar-refractivity contribution >= 4 is 44.9 Å². The first-order valence-electron chi connectivity index (χ1n) is 11.4. The van der Waals surface area contributed by atoms with Crippen molar-refractivity contribution in [1.29, 1.82) is 0 Å². The number of hydrogen-bond acceptors (Lipinski definition) is 6. The van der Waals surface area contributed by atoms with Crippen LogP contribution in [-0.2, 0) is 24.2 Å². The van der Waals surface area contributed by atoms with Gasteiger partial charge in [0.1, 0.15) is 12.2 Å². The second kappa shape index (κ2) is 11.1. The minimum Gasteiger partial charge on any atom is -0.357 e. The second-order valence-electron chi connectivity index (χ2n) is 9.82. The van der Waals surface area contributed by atoms with E-state index in [4.69, 9.17) is 33.1 Å². The molecule has 2 aromatic rings. The maximum atomic E-state index is 13.7. The normalized spacial score (nSPS) is 21.8. The molecule has 2 aromatic carbocycles. The highest BCUT2D eigenvalue weighted by atomic mass is 35.5. The van der Waals surface area contributed by atoms with E-state index in [1.165, 1.54) is 10.4 Å². The average Bonchev–Trinajstić information content (AvgIpc) is 2.79. The number of carbonyl (C=O) groups excluding carboxylic acids is 2. The Balaban J connectivity index is 2.17. The topological polar surface area (TPSA) is 113 Å². The molecule has 0 spiro atoms. The van der Waals surface area contributed by atoms with Crippen LogP contribution in [0.4, 0.5) is 0 Å². The Morgan fingerprint density at radius 2 is 1.75 bits per heavy atom. The van der Waals surface area contributed by atoms with Gasteiger partial charge in [-0.3, -0.25) is 14.8 Å². The van der Waals surface area contributed by atoms with Crippen LogP contribution in [-0.4, -0.2) is 53.0 Å². The van der Waals surface area contributed by atoms with Crippen LogP contribution in [0.2, 0.25) is 10.0 Å². The molecule has 0 saturated carbocycles. The summed E-state index contributed by atoms with van der Waals surface area (Å²) in [5.74, 6) is -1.67. The number of ether oxygens (including phenoxy) is 1. The summed E-state index contributed by atoms with van der Waals surface area (Å²) in [7, 11) is -3.61. The molecule has 11 heteroatoms. The lowest BCUT2D eigenvalue weighted by molar-refractivity contribution is -0.180. The summed E-state index contributed by atoms with van der Waals surface area (Å²) >= 11 is 12.4. The van der Waals surface area contributed by atoms with Crippen LogP contribution in [0.3, 0.4) is 0 Å². The highest BCUT2D eigenvalue weighted by Gasteiger charge is 2.47. The fourth-order valence-corrected chi connectivity index (χ4v) is 5.81. The van der Waals surface area contributed by atoms with Gasteiger partial charge in [0.15, 0.2) is 9.84 Å². The first kappa shape index (κ1) is 28.4. The van der Waals surface area contributed by atoms with E-state index in [0.29, 0.717) is 21.2 Å². The van der Waals surface area contributed by atoms with Gasteiger partial charge in [-0.05, 0) is 63.1 Å². The maximum Gasteiger partial charge on any atom is 0.253 e. The SMILES string of the molecule is C[C@@H](CS(=O)(=O)C(C)(C)C)N1C(=O)[C@@H](CC(=O)NO)O[C@H](c2cccc(Cl)c2)[C@H]1c1ccc(Cl)cc1. The zero-order valence-electron chi connectivity index (χ0n) is 20.4. The van der Waals surface area contributed by atoms with Gasteiger partial charge in [-0.15, -0.1) is 0 Å². The number of hydroxylamine groups is 1. The number of halogens is 2. The summed E-state index contributed by atoms with van der Waals surface area (Å²) in [4.78, 5) is 27.2. The average molecular weight is 557 g/mol. The first-order chi connectivity index (χ1) is 16.7. The number of nitrogens with one attached hydrogen (secondary N) is 1. The molecule has 0 radical (unpaired) electrons. The van der Waals surface area contributed by atoms with Crippen LogP contribution in [0, 0.1) is 0 Å². The smallest absolute Gasteiger partial charge is 0.253 e. The van der Waals surface area contributed by atoms with Gasteiger partial charge in [0.25, 0.3) is 5.91 Å². The number of sulfone groups is 1. The minimum absolute atomic E-state index is 0.298. The molecule has 1 fully saturated rings. The largest absolute Gasteiger partial charge is 0.357 e. The predicted molar refractivity (Wildman–Crippen MR) is 138 cm³/mol. The Hall–Kier alpha value is -2.17. The second-order valence-corrected chi connectivity index (χ2v) is 13.5. The first-order valence-corrected chi connectivity index (χ1v) is 13.8. The summed E-state index contributed by atoms with van der Waals surface area (Å²) < 4.78 is 31.4. The lowest BCUT2D eigenvalue weighted by Crippen LogP contribution is -2.56. The van der Waals surface area contributed by atoms with E-state index in [9.17, 15) is 18.0 Å². The number of amides is 2. The minimum atomic E-state index is -3.61. The van der Waals surface area contributed by atoms with Gasteiger partial charge in [0.05, 0.1) is 23.0 Å². The number of nitrogens with zero attached hydrogens (tertiary/aromatic N) is 1. The molecule has 196 valence electrons. The van der Waals surface area contributed by atoms with Crippen molar-refractivity contribution in [2.45, 2.75) is 63.2 Å². The molecule has 3 rings (SSSR count). The van der Waals surface area contributed by atoms with E-state index in [1.54, 1.807) is 76.2 Å². The van der Waals surface area contributed by atoms with Crippen molar-refractivity contribution in [3.8, 4) is 0 Å². The highest BCUT2D eigenvalue weighted by molar-refractivity contribution is 7.92. The van der Waals surface area contributed by atoms with E-state index in [0.717, 1.165) is 0 Å². The van der Waals surface area contributed by atoms with Gasteiger partial charge in [0.2, 0.25) is 5.91 Å². The van der Waals surface area contributed by atoms with Crippen LogP contribution in [0.1, 0.15) is 57.4 Å². The molecule has 2 N–H and O–H groups in total. The number of benzene rings is 2. The lowest BCUT2D eigenvalue weighted by Gasteiger charge is -2.47. The van der Waals surface area contributed by atoms with Gasteiger partial charge >= 0.3 is 0 Å². The van der Waals surface area contributed by atoms with Gasteiger partial charge in [-0.25, -0.2) is 13.9 Å². The summed E-state index contributed by atoms with van der Waals surface area (Å²) in [5, 5.41) is 10.00. The van der Waals surface area contributed by atoms with E-state index in [-0.39, 0.29) is 5.75 Å². The predicted octanol–water partition coefficient (Wildman–Crippen LogP) is 4.50. The third-order valence-electron chi connectivity index (χ3n) is 6.18. The van der Waals surface area contributed by atoms with Crippen molar-refractivity contribution in [3.63, 3.8) is 0 Å². The summed E-state index contributed by atoms with van der Waals surface area (Å²) in [6.45, 7) is 6.48. The molecule has 1 aliphatic rings. The molecular weight excluding hydrogens is 527 g/mol. The van der Waals surface area contributed by atoms with Gasteiger partial charge in [-0.1, -0.05) is 47.5 Å². The molecule has 0 aliphatic carbocycles. The molecule has 1 aliphatic heterocycles. The monoisotopic (exact) mass is 556 g/mol. The summed E-state index contributed by atoms with van der Waals surface area (Å²) in [6, 6.07) is 12.3. The molecule has 2 amide bonds. The van der Waals surface area contributed by atoms with Crippen LogP contribution < -0.4 is 5.48 Å². The summed E-state index contributed by atoms with van der Waals surface area (Å²) in [6.07, 6.45) is -2.50. The van der Waals surface area contributed by atoms with Crippen LogP contribution in [0.25, 0.3) is 0 Å². The van der Waals surface area contributed by atoms with Crippen molar-refractivity contribution in [2.24, 2.45) is 0 Å². The molecule has 0 unspecified atom stereocenters. The number of rotatable bonds is 7. The quantitative estimate of drug-likeness (QED) is 0.383. The molecular formula is C25H30Cl2N2O6S. The van der Waals surface area contributed by atoms with E-state index in [1.807, 2.05) is 0 Å². The fourth-order valence-electron chi connectivity index (χ4n) is 4.19. The van der Waals surface area contributed by atoms with Gasteiger partial charge < -0.3 is 9.64 Å². The Kier molecular flexibility index (Phi) is 8.73. The molecule has 8 nitrogen and oxygen atoms in total. The molecule has 0 bridgehead atoms. The van der Waals surface area contributed by atoms with Crippen LogP contribution in [0.5, 0.6) is 0 Å². The fraction of sp³-hybridized carbons (Fsp3) is 0.440. The molecule has 4 atom stereocenters. The number of hydrogen-bond donors (Lipinski definition) is 2. The number of morpholine rings is 1. The Morgan fingerprint density at radius 1 is 1.11 bits per heavy atom. The van der Waals surface area contributed by atoms with Crippen molar-refractivity contribution in [1.82, 2.24) is 10.4 Å². The molecule has 0 aromatic heterocycles. The van der Waals surface area contributed by atoms with E-state index >= 15 is 0 Å². The lowest BCUT2D eigenvalue weighted by atomic mass is 9.90. The zero-order chi connectivity index (χ0) is 26.8. The third-order valence-corrected chi connectivity index (χ3v) is 9.45. The van der Waals surface area contributed by atoms with Gasteiger partial charge in [-0.2, -0.15) is 0 Å². The zero-order valence-corrected chi connectivity index (χ0v) is 22.8. The molecule has 36 heavy (non-hydrogen) atoms.